The molecule has 0 atom stereocenters. The maximum Gasteiger partial charge on any atom is 0.416 e. The number of aryl methyl sites for hydroxylation is 2. The molecule has 0 unspecified atom stereocenters. The highest BCUT2D eigenvalue weighted by Crippen LogP contribution is 2.47. The summed E-state index contributed by atoms with van der Waals surface area (Å²) in [4.78, 5) is 23.1. The van der Waals surface area contributed by atoms with Crippen LogP contribution in [0.5, 0.6) is 23.0 Å². The molecule has 15 heteroatoms. The highest BCUT2D eigenvalue weighted by molar-refractivity contribution is 7.99. The summed E-state index contributed by atoms with van der Waals surface area (Å²) in [6.07, 6.45) is -9.57. The molecule has 8 nitrogen and oxygen atoms in total. The van der Waals surface area contributed by atoms with Gasteiger partial charge in [-0.15, -0.1) is 0 Å². The summed E-state index contributed by atoms with van der Waals surface area (Å²) < 4.78 is 91.6. The number of rotatable bonds is 8. The minimum Gasteiger partial charge on any atom is -0.450 e. The van der Waals surface area contributed by atoms with E-state index in [-0.39, 0.29) is 23.0 Å². The smallest absolute Gasteiger partial charge is 0.416 e. The molecule has 0 bridgehead atoms. The van der Waals surface area contributed by atoms with Gasteiger partial charge in [0.25, 0.3) is 0 Å². The van der Waals surface area contributed by atoms with Crippen LogP contribution in [-0.2, 0) is 23.2 Å². The lowest BCUT2D eigenvalue weighted by molar-refractivity contribution is -0.386. The molecule has 0 fully saturated rings. The van der Waals surface area contributed by atoms with E-state index in [1.807, 2.05) is 53.7 Å². The van der Waals surface area contributed by atoms with Gasteiger partial charge in [0.1, 0.15) is 11.5 Å². The Bertz CT molecular complexity index is 1870. The van der Waals surface area contributed by atoms with E-state index in [0.717, 1.165) is 34.1 Å². The zero-order chi connectivity index (χ0) is 38.4. The number of nitro benzene ring substituents is 2. The first kappa shape index (κ1) is 39.0. The van der Waals surface area contributed by atoms with Crippen LogP contribution in [0.15, 0.2) is 70.5 Å². The molecule has 0 aliphatic rings. The van der Waals surface area contributed by atoms with Gasteiger partial charge in [-0.2, -0.15) is 26.3 Å². The first-order valence-electron chi connectivity index (χ1n) is 15.3. The van der Waals surface area contributed by atoms with Gasteiger partial charge < -0.3 is 9.47 Å². The fourth-order valence-corrected chi connectivity index (χ4v) is 6.12. The van der Waals surface area contributed by atoms with E-state index in [4.69, 9.17) is 9.47 Å². The summed E-state index contributed by atoms with van der Waals surface area (Å²) >= 11 is 1.38. The van der Waals surface area contributed by atoms with Crippen LogP contribution in [0.1, 0.15) is 74.9 Å². The largest absolute Gasteiger partial charge is 0.450 e. The van der Waals surface area contributed by atoms with Gasteiger partial charge in [0, 0.05) is 33.1 Å². The van der Waals surface area contributed by atoms with Gasteiger partial charge in [0.05, 0.1) is 21.0 Å². The summed E-state index contributed by atoms with van der Waals surface area (Å²) in [5.41, 5.74) is -2.59. The summed E-state index contributed by atoms with van der Waals surface area (Å²) in [7, 11) is 0. The van der Waals surface area contributed by atoms with E-state index in [1.54, 1.807) is 26.0 Å². The SMILES string of the molecule is Cc1cc(Oc2ccc(C(F)(F)F)cc2[N+](=O)[O-])c(C(C)(C)C)cc1Sc1cc(C(C)(C)C)c(Oc2ccc(C(F)(F)F)cc2[N+](=O)[O-])cc1C. The second-order valence-electron chi connectivity index (χ2n) is 13.9. The minimum atomic E-state index is -4.79. The van der Waals surface area contributed by atoms with E-state index < -0.39 is 55.5 Å². The predicted molar refractivity (Wildman–Crippen MR) is 180 cm³/mol. The van der Waals surface area contributed by atoms with Crippen LogP contribution in [0, 0.1) is 34.1 Å². The Morgan fingerprint density at radius 3 is 1.16 bits per heavy atom. The summed E-state index contributed by atoms with van der Waals surface area (Å²) in [6, 6.07) is 11.1. The lowest BCUT2D eigenvalue weighted by Crippen LogP contribution is -2.14. The van der Waals surface area contributed by atoms with Crippen molar-refractivity contribution >= 4 is 23.1 Å². The molecule has 0 saturated carbocycles. The lowest BCUT2D eigenvalue weighted by Gasteiger charge is -2.26. The van der Waals surface area contributed by atoms with Gasteiger partial charge in [-0.25, -0.2) is 0 Å². The van der Waals surface area contributed by atoms with Crippen LogP contribution >= 0.6 is 11.8 Å². The Kier molecular flexibility index (Phi) is 10.5. The van der Waals surface area contributed by atoms with Gasteiger partial charge in [-0.1, -0.05) is 53.3 Å². The number of halogens is 6. The molecular formula is C36H34F6N2O6S. The van der Waals surface area contributed by atoms with Crippen molar-refractivity contribution < 1.29 is 45.7 Å². The van der Waals surface area contributed by atoms with Crippen molar-refractivity contribution in [1.82, 2.24) is 0 Å². The lowest BCUT2D eigenvalue weighted by atomic mass is 9.85. The fourth-order valence-electron chi connectivity index (χ4n) is 5.08. The molecule has 0 amide bonds. The van der Waals surface area contributed by atoms with Crippen LogP contribution in [0.25, 0.3) is 0 Å². The average molecular weight is 737 g/mol. The van der Waals surface area contributed by atoms with Crippen molar-refractivity contribution in [2.45, 2.75) is 88.4 Å². The molecule has 0 radical (unpaired) electrons. The van der Waals surface area contributed by atoms with Crippen molar-refractivity contribution in [2.24, 2.45) is 0 Å². The minimum absolute atomic E-state index is 0.223. The molecule has 51 heavy (non-hydrogen) atoms. The van der Waals surface area contributed by atoms with Gasteiger partial charge in [0.2, 0.25) is 11.5 Å². The molecule has 0 spiro atoms. The van der Waals surface area contributed by atoms with Gasteiger partial charge >= 0.3 is 23.7 Å². The highest BCUT2D eigenvalue weighted by Gasteiger charge is 2.35. The summed E-state index contributed by atoms with van der Waals surface area (Å²) in [5.74, 6) is -0.261. The maximum absolute atomic E-state index is 13.3. The van der Waals surface area contributed by atoms with Crippen LogP contribution < -0.4 is 9.47 Å². The number of ether oxygens (including phenoxy) is 2. The Morgan fingerprint density at radius 1 is 0.549 bits per heavy atom. The molecule has 4 aromatic rings. The molecule has 0 aliphatic carbocycles. The number of hydrogen-bond acceptors (Lipinski definition) is 7. The van der Waals surface area contributed by atoms with Gasteiger partial charge in [0.15, 0.2) is 0 Å². The molecule has 4 rings (SSSR count). The molecular weight excluding hydrogens is 702 g/mol. The average Bonchev–Trinajstić information content (AvgIpc) is 2.97. The number of benzene rings is 4. The predicted octanol–water partition coefficient (Wildman–Crippen LogP) is 12.5. The van der Waals surface area contributed by atoms with Crippen molar-refractivity contribution in [1.29, 1.82) is 0 Å². The van der Waals surface area contributed by atoms with E-state index >= 15 is 0 Å². The van der Waals surface area contributed by atoms with E-state index in [1.165, 1.54) is 11.8 Å². The Balaban J connectivity index is 1.77. The van der Waals surface area contributed by atoms with Crippen LogP contribution in [0.3, 0.4) is 0 Å². The third kappa shape index (κ3) is 8.93. The van der Waals surface area contributed by atoms with E-state index in [0.29, 0.717) is 34.4 Å². The van der Waals surface area contributed by atoms with Crippen LogP contribution in [0.2, 0.25) is 0 Å². The summed E-state index contributed by atoms with van der Waals surface area (Å²) in [5, 5.41) is 23.4. The Morgan fingerprint density at radius 2 is 0.882 bits per heavy atom. The first-order chi connectivity index (χ1) is 23.3. The normalized spacial score (nSPS) is 12.5. The fraction of sp³-hybridized carbons (Fsp3) is 0.333. The van der Waals surface area contributed by atoms with Crippen molar-refractivity contribution in [3.05, 3.63) is 114 Å². The van der Waals surface area contributed by atoms with Gasteiger partial charge in [-0.05, 0) is 84.3 Å². The highest BCUT2D eigenvalue weighted by atomic mass is 32.2. The number of nitrogens with zero attached hydrogens (tertiary/aromatic N) is 2. The zero-order valence-corrected chi connectivity index (χ0v) is 29.6. The van der Waals surface area contributed by atoms with Crippen LogP contribution in [0.4, 0.5) is 37.7 Å². The van der Waals surface area contributed by atoms with Crippen molar-refractivity contribution in [3.8, 4) is 23.0 Å². The maximum atomic E-state index is 13.3. The van der Waals surface area contributed by atoms with E-state index in [9.17, 15) is 46.6 Å². The molecule has 0 aromatic heterocycles. The van der Waals surface area contributed by atoms with Crippen molar-refractivity contribution in [3.63, 3.8) is 0 Å². The Labute approximate surface area is 294 Å². The number of hydrogen-bond donors (Lipinski definition) is 0. The third-order valence-corrected chi connectivity index (χ3v) is 9.12. The monoisotopic (exact) mass is 736 g/mol. The topological polar surface area (TPSA) is 105 Å². The standard InChI is InChI=1S/C36H34F6N2O6S/c1-19-13-29(49-27-11-9-21(35(37,38)39)15-25(27)43(45)46)23(33(3,4)5)17-31(19)51-32-18-24(34(6,7)8)30(14-20(32)2)50-28-12-10-22(36(40,41)42)16-26(28)44(47)48/h9-18H,1-8H3. The van der Waals surface area contributed by atoms with E-state index in [2.05, 4.69) is 0 Å². The number of nitro groups is 2. The first-order valence-corrected chi connectivity index (χ1v) is 16.1. The third-order valence-electron chi connectivity index (χ3n) is 7.80. The summed E-state index contributed by atoms with van der Waals surface area (Å²) in [6.45, 7) is 14.9. The van der Waals surface area contributed by atoms with Gasteiger partial charge in [-0.3, -0.25) is 20.2 Å². The second-order valence-corrected chi connectivity index (χ2v) is 15.0. The molecule has 272 valence electrons. The quantitative estimate of drug-likeness (QED) is 0.101. The molecule has 0 heterocycles. The molecule has 0 N–H and O–H groups in total. The molecule has 4 aromatic carbocycles. The number of alkyl halides is 6. The zero-order valence-electron chi connectivity index (χ0n) is 28.8. The molecule has 0 saturated heterocycles. The molecule has 0 aliphatic heterocycles. The van der Waals surface area contributed by atoms with Crippen LogP contribution in [-0.4, -0.2) is 9.85 Å². The van der Waals surface area contributed by atoms with Crippen molar-refractivity contribution in [2.75, 3.05) is 0 Å². The second kappa shape index (κ2) is 13.7. The Hall–Kier alpha value is -4.79.